The first-order valence-electron chi connectivity index (χ1n) is 6.17. The topological polar surface area (TPSA) is 55.8 Å². The molecule has 0 saturated carbocycles. The summed E-state index contributed by atoms with van der Waals surface area (Å²) in [6, 6.07) is 5.48. The van der Waals surface area contributed by atoms with E-state index in [1.54, 1.807) is 13.2 Å². The van der Waals surface area contributed by atoms with Crippen molar-refractivity contribution in [3.05, 3.63) is 34.9 Å². The Balaban J connectivity index is 2.50. The molecule has 0 aromatic heterocycles. The Kier molecular flexibility index (Phi) is 3.51. The quantitative estimate of drug-likeness (QED) is 0.851. The molecule has 4 heteroatoms. The van der Waals surface area contributed by atoms with Gasteiger partial charge < -0.3 is 14.6 Å². The number of aliphatic hydroxyl groups is 1. The molecule has 1 aliphatic carbocycles. The number of hydrogen-bond acceptors (Lipinski definition) is 4. The van der Waals surface area contributed by atoms with E-state index < -0.39 is 0 Å². The van der Waals surface area contributed by atoms with Crippen molar-refractivity contribution >= 4 is 11.7 Å². The standard InChI is InChI=1S/C15H18O4/c1-8-13(9(2)15(17)19-4)12-7-10(18-3)5-6-11(12)14(8)16/h5-7,9,13,16H,1-4H3. The van der Waals surface area contributed by atoms with Crippen molar-refractivity contribution in [1.29, 1.82) is 0 Å². The monoisotopic (exact) mass is 262 g/mol. The second-order valence-electron chi connectivity index (χ2n) is 4.77. The van der Waals surface area contributed by atoms with Gasteiger partial charge in [0, 0.05) is 11.5 Å². The van der Waals surface area contributed by atoms with E-state index in [4.69, 9.17) is 9.47 Å². The molecular formula is C15H18O4. The summed E-state index contributed by atoms with van der Waals surface area (Å²) < 4.78 is 10.0. The van der Waals surface area contributed by atoms with Crippen molar-refractivity contribution in [2.24, 2.45) is 5.92 Å². The van der Waals surface area contributed by atoms with Crippen molar-refractivity contribution in [3.63, 3.8) is 0 Å². The molecule has 1 aromatic rings. The molecule has 102 valence electrons. The van der Waals surface area contributed by atoms with Gasteiger partial charge in [0.25, 0.3) is 0 Å². The van der Waals surface area contributed by atoms with E-state index >= 15 is 0 Å². The average molecular weight is 262 g/mol. The van der Waals surface area contributed by atoms with Gasteiger partial charge in [0.05, 0.1) is 20.1 Å². The van der Waals surface area contributed by atoms with Gasteiger partial charge in [-0.15, -0.1) is 0 Å². The zero-order chi connectivity index (χ0) is 14.2. The first-order chi connectivity index (χ1) is 9.01. The maximum atomic E-state index is 11.8. The first kappa shape index (κ1) is 13.5. The summed E-state index contributed by atoms with van der Waals surface area (Å²) in [7, 11) is 2.97. The summed E-state index contributed by atoms with van der Waals surface area (Å²) in [5.74, 6) is 0.160. The van der Waals surface area contributed by atoms with Crippen LogP contribution in [0.1, 0.15) is 30.9 Å². The number of carbonyl (C=O) groups excluding carboxylic acids is 1. The number of carbonyl (C=O) groups is 1. The van der Waals surface area contributed by atoms with E-state index in [9.17, 15) is 9.90 Å². The predicted molar refractivity (Wildman–Crippen MR) is 72.1 cm³/mol. The van der Waals surface area contributed by atoms with Crippen molar-refractivity contribution in [2.45, 2.75) is 19.8 Å². The van der Waals surface area contributed by atoms with Gasteiger partial charge in [0.1, 0.15) is 11.5 Å². The predicted octanol–water partition coefficient (Wildman–Crippen LogP) is 2.89. The van der Waals surface area contributed by atoms with Crippen LogP contribution >= 0.6 is 0 Å². The van der Waals surface area contributed by atoms with Crippen LogP contribution in [0.15, 0.2) is 23.8 Å². The van der Waals surface area contributed by atoms with E-state index in [0.29, 0.717) is 5.75 Å². The lowest BCUT2D eigenvalue weighted by atomic mass is 9.85. The summed E-state index contributed by atoms with van der Waals surface area (Å²) in [6.07, 6.45) is 0. The van der Waals surface area contributed by atoms with Crippen LogP contribution in [-0.2, 0) is 9.53 Å². The molecule has 1 aliphatic rings. The third-order valence-electron chi connectivity index (χ3n) is 3.76. The van der Waals surface area contributed by atoms with E-state index in [1.165, 1.54) is 7.11 Å². The van der Waals surface area contributed by atoms with Gasteiger partial charge in [0.15, 0.2) is 0 Å². The highest BCUT2D eigenvalue weighted by Gasteiger charge is 2.36. The second kappa shape index (κ2) is 4.96. The number of esters is 1. The minimum atomic E-state index is -0.347. The van der Waals surface area contributed by atoms with E-state index in [1.807, 2.05) is 26.0 Å². The molecule has 0 radical (unpaired) electrons. The summed E-state index contributed by atoms with van der Waals surface area (Å²) in [4.78, 5) is 11.8. The van der Waals surface area contributed by atoms with E-state index in [2.05, 4.69) is 0 Å². The van der Waals surface area contributed by atoms with Crippen molar-refractivity contribution in [2.75, 3.05) is 14.2 Å². The smallest absolute Gasteiger partial charge is 0.309 e. The SMILES string of the molecule is COC(=O)C(C)C1C(C)=C(O)c2ccc(OC)cc21. The molecular weight excluding hydrogens is 244 g/mol. The number of aliphatic hydroxyl groups excluding tert-OH is 1. The largest absolute Gasteiger partial charge is 0.507 e. The lowest BCUT2D eigenvalue weighted by molar-refractivity contribution is -0.145. The number of rotatable bonds is 3. The fourth-order valence-electron chi connectivity index (χ4n) is 2.70. The normalized spacial score (nSPS) is 19.1. The van der Waals surface area contributed by atoms with Gasteiger partial charge in [-0.3, -0.25) is 4.79 Å². The van der Waals surface area contributed by atoms with Crippen LogP contribution in [0, 0.1) is 5.92 Å². The first-order valence-corrected chi connectivity index (χ1v) is 6.17. The number of ether oxygens (including phenoxy) is 2. The fourth-order valence-corrected chi connectivity index (χ4v) is 2.70. The maximum absolute atomic E-state index is 11.8. The Labute approximate surface area is 112 Å². The van der Waals surface area contributed by atoms with Gasteiger partial charge in [-0.2, -0.15) is 0 Å². The minimum absolute atomic E-state index is 0.169. The molecule has 2 rings (SSSR count). The van der Waals surface area contributed by atoms with E-state index in [-0.39, 0.29) is 23.6 Å². The van der Waals surface area contributed by atoms with Crippen molar-refractivity contribution < 1.29 is 19.4 Å². The highest BCUT2D eigenvalue weighted by molar-refractivity contribution is 5.80. The number of fused-ring (bicyclic) bond motifs is 1. The number of allylic oxidation sites excluding steroid dienone is 1. The zero-order valence-corrected chi connectivity index (χ0v) is 11.6. The maximum Gasteiger partial charge on any atom is 0.309 e. The molecule has 0 aliphatic heterocycles. The third-order valence-corrected chi connectivity index (χ3v) is 3.76. The van der Waals surface area contributed by atoms with Gasteiger partial charge in [-0.1, -0.05) is 6.92 Å². The summed E-state index contributed by atoms with van der Waals surface area (Å²) in [5.41, 5.74) is 2.47. The lowest BCUT2D eigenvalue weighted by Crippen LogP contribution is -2.20. The Bertz CT molecular complexity index is 545. The Morgan fingerprint density at radius 3 is 2.63 bits per heavy atom. The minimum Gasteiger partial charge on any atom is -0.507 e. The van der Waals surface area contributed by atoms with Crippen LogP contribution < -0.4 is 4.74 Å². The molecule has 19 heavy (non-hydrogen) atoms. The molecule has 0 heterocycles. The lowest BCUT2D eigenvalue weighted by Gasteiger charge is -2.20. The number of hydrogen-bond donors (Lipinski definition) is 1. The molecule has 4 nitrogen and oxygen atoms in total. The molecule has 1 N–H and O–H groups in total. The average Bonchev–Trinajstić information content (AvgIpc) is 2.68. The van der Waals surface area contributed by atoms with Crippen LogP contribution in [-0.4, -0.2) is 25.3 Å². The molecule has 1 aromatic carbocycles. The number of methoxy groups -OCH3 is 2. The molecule has 2 unspecified atom stereocenters. The molecule has 0 bridgehead atoms. The fraction of sp³-hybridized carbons (Fsp3) is 0.400. The van der Waals surface area contributed by atoms with Gasteiger partial charge in [-0.25, -0.2) is 0 Å². The molecule has 0 saturated heterocycles. The van der Waals surface area contributed by atoms with Crippen LogP contribution in [0.25, 0.3) is 5.76 Å². The van der Waals surface area contributed by atoms with Crippen LogP contribution in [0.5, 0.6) is 5.75 Å². The summed E-state index contributed by atoms with van der Waals surface area (Å²) >= 11 is 0. The van der Waals surface area contributed by atoms with Crippen LogP contribution in [0.4, 0.5) is 0 Å². The zero-order valence-electron chi connectivity index (χ0n) is 11.6. The van der Waals surface area contributed by atoms with Crippen LogP contribution in [0.2, 0.25) is 0 Å². The van der Waals surface area contributed by atoms with Gasteiger partial charge in [-0.05, 0) is 36.3 Å². The second-order valence-corrected chi connectivity index (χ2v) is 4.77. The number of benzene rings is 1. The Hall–Kier alpha value is -1.97. The molecule has 0 amide bonds. The van der Waals surface area contributed by atoms with Gasteiger partial charge in [0.2, 0.25) is 0 Å². The summed E-state index contributed by atoms with van der Waals surface area (Å²) in [6.45, 7) is 3.65. The van der Waals surface area contributed by atoms with Crippen LogP contribution in [0.3, 0.4) is 0 Å². The molecule has 0 fully saturated rings. The highest BCUT2D eigenvalue weighted by Crippen LogP contribution is 2.45. The molecule has 2 atom stereocenters. The Morgan fingerprint density at radius 1 is 1.37 bits per heavy atom. The third kappa shape index (κ3) is 2.07. The highest BCUT2D eigenvalue weighted by atomic mass is 16.5. The van der Waals surface area contributed by atoms with Gasteiger partial charge >= 0.3 is 5.97 Å². The van der Waals surface area contributed by atoms with E-state index in [0.717, 1.165) is 16.7 Å². The summed E-state index contributed by atoms with van der Waals surface area (Å²) in [5, 5.41) is 10.2. The van der Waals surface area contributed by atoms with Crippen molar-refractivity contribution in [3.8, 4) is 5.75 Å². The Morgan fingerprint density at radius 2 is 2.05 bits per heavy atom. The van der Waals surface area contributed by atoms with Crippen molar-refractivity contribution in [1.82, 2.24) is 0 Å². The molecule has 0 spiro atoms.